The number of nitrogens with zero attached hydrogens (tertiary/aromatic N) is 1. The van der Waals surface area contributed by atoms with Gasteiger partial charge in [0.25, 0.3) is 0 Å². The molecule has 0 unspecified atom stereocenters. The zero-order valence-corrected chi connectivity index (χ0v) is 11.4. The Hall–Kier alpha value is -0.670. The van der Waals surface area contributed by atoms with Crippen LogP contribution in [0.15, 0.2) is 29.2 Å². The maximum absolute atomic E-state index is 8.06. The Kier molecular flexibility index (Phi) is 4.75. The Morgan fingerprint density at radius 2 is 2.06 bits per heavy atom. The van der Waals surface area contributed by atoms with Gasteiger partial charge in [0.05, 0.1) is 5.75 Å². The van der Waals surface area contributed by atoms with Gasteiger partial charge in [-0.15, -0.1) is 11.8 Å². The van der Waals surface area contributed by atoms with E-state index in [0.717, 1.165) is 34.6 Å². The molecule has 0 radical (unpaired) electrons. The van der Waals surface area contributed by atoms with Gasteiger partial charge < -0.3 is 4.90 Å². The van der Waals surface area contributed by atoms with Crippen LogP contribution in [0.5, 0.6) is 0 Å². The number of hydrogen-bond donors (Lipinski definition) is 1. The van der Waals surface area contributed by atoms with Crippen molar-refractivity contribution < 1.29 is 0 Å². The van der Waals surface area contributed by atoms with E-state index in [9.17, 15) is 0 Å². The summed E-state index contributed by atoms with van der Waals surface area (Å²) in [6, 6.07) is 7.83. The molecule has 0 spiro atoms. The second kappa shape index (κ2) is 6.31. The third-order valence-electron chi connectivity index (χ3n) is 2.91. The van der Waals surface area contributed by atoms with E-state index in [2.05, 4.69) is 4.90 Å². The number of piperidine rings is 1. The van der Waals surface area contributed by atoms with E-state index >= 15 is 0 Å². The van der Waals surface area contributed by atoms with Gasteiger partial charge in [0, 0.05) is 23.0 Å². The second-order valence-corrected chi connectivity index (χ2v) is 5.73. The fraction of sp³-hybridized carbons (Fsp3) is 0.462. The van der Waals surface area contributed by atoms with Crippen LogP contribution in [0, 0.1) is 5.41 Å². The van der Waals surface area contributed by atoms with E-state index in [1.165, 1.54) is 19.3 Å². The number of thioether (sulfide) groups is 1. The minimum absolute atomic E-state index is 0.736. The molecule has 2 nitrogen and oxygen atoms in total. The average molecular weight is 269 g/mol. The van der Waals surface area contributed by atoms with Crippen molar-refractivity contribution in [1.29, 1.82) is 5.41 Å². The summed E-state index contributed by atoms with van der Waals surface area (Å²) in [5, 5.41) is 8.82. The van der Waals surface area contributed by atoms with Crippen LogP contribution in [0.25, 0.3) is 0 Å². The first kappa shape index (κ1) is 12.8. The van der Waals surface area contributed by atoms with Crippen LogP contribution in [0.3, 0.4) is 0 Å². The molecule has 1 N–H and O–H groups in total. The average Bonchev–Trinajstić information content (AvgIpc) is 2.37. The molecule has 17 heavy (non-hydrogen) atoms. The van der Waals surface area contributed by atoms with Crippen LogP contribution in [0.2, 0.25) is 5.02 Å². The van der Waals surface area contributed by atoms with Gasteiger partial charge in [-0.3, -0.25) is 5.41 Å². The molecule has 1 fully saturated rings. The van der Waals surface area contributed by atoms with E-state index in [0.29, 0.717) is 0 Å². The Morgan fingerprint density at radius 1 is 1.29 bits per heavy atom. The zero-order chi connectivity index (χ0) is 12.1. The molecule has 1 aromatic carbocycles. The van der Waals surface area contributed by atoms with Crippen molar-refractivity contribution in [2.45, 2.75) is 24.2 Å². The largest absolute Gasteiger partial charge is 0.360 e. The highest BCUT2D eigenvalue weighted by atomic mass is 35.5. The van der Waals surface area contributed by atoms with Crippen LogP contribution in [-0.2, 0) is 0 Å². The quantitative estimate of drug-likeness (QED) is 0.511. The molecule has 0 atom stereocenters. The van der Waals surface area contributed by atoms with Gasteiger partial charge in [-0.25, -0.2) is 0 Å². The number of hydrogen-bond acceptors (Lipinski definition) is 2. The summed E-state index contributed by atoms with van der Waals surface area (Å²) >= 11 is 7.62. The summed E-state index contributed by atoms with van der Waals surface area (Å²) in [4.78, 5) is 3.33. The molecule has 4 heteroatoms. The van der Waals surface area contributed by atoms with E-state index in [-0.39, 0.29) is 0 Å². The van der Waals surface area contributed by atoms with Crippen molar-refractivity contribution >= 4 is 29.2 Å². The maximum atomic E-state index is 8.06. The van der Waals surface area contributed by atoms with Crippen molar-refractivity contribution in [3.05, 3.63) is 29.3 Å². The molecule has 92 valence electrons. The number of rotatable bonds is 3. The highest BCUT2D eigenvalue weighted by Crippen LogP contribution is 2.22. The predicted molar refractivity (Wildman–Crippen MR) is 75.3 cm³/mol. The summed E-state index contributed by atoms with van der Waals surface area (Å²) in [5.74, 6) is 1.48. The van der Waals surface area contributed by atoms with Crippen molar-refractivity contribution in [2.24, 2.45) is 0 Å². The van der Waals surface area contributed by atoms with Crippen molar-refractivity contribution in [3.63, 3.8) is 0 Å². The van der Waals surface area contributed by atoms with Crippen LogP contribution in [0.1, 0.15) is 19.3 Å². The maximum Gasteiger partial charge on any atom is 0.106 e. The molecular formula is C13H17ClN2S. The Bertz CT molecular complexity index is 389. The van der Waals surface area contributed by atoms with E-state index in [4.69, 9.17) is 17.0 Å². The summed E-state index contributed by atoms with van der Waals surface area (Å²) in [6.45, 7) is 2.10. The van der Waals surface area contributed by atoms with Crippen molar-refractivity contribution in [2.75, 3.05) is 18.8 Å². The van der Waals surface area contributed by atoms with Crippen molar-refractivity contribution in [1.82, 2.24) is 4.90 Å². The normalized spacial score (nSPS) is 15.9. The fourth-order valence-electron chi connectivity index (χ4n) is 1.96. The summed E-state index contributed by atoms with van der Waals surface area (Å²) in [5.41, 5.74) is 0. The summed E-state index contributed by atoms with van der Waals surface area (Å²) < 4.78 is 0. The van der Waals surface area contributed by atoms with Gasteiger partial charge in [-0.1, -0.05) is 17.7 Å². The minimum atomic E-state index is 0.736. The topological polar surface area (TPSA) is 27.1 Å². The first-order chi connectivity index (χ1) is 8.25. The van der Waals surface area contributed by atoms with Gasteiger partial charge in [-0.05, 0) is 37.5 Å². The molecule has 0 bridgehead atoms. The molecule has 0 aromatic heterocycles. The third-order valence-corrected chi connectivity index (χ3v) is 4.15. The smallest absolute Gasteiger partial charge is 0.106 e. The van der Waals surface area contributed by atoms with Crippen molar-refractivity contribution in [3.8, 4) is 0 Å². The van der Waals surface area contributed by atoms with E-state index in [1.807, 2.05) is 24.3 Å². The van der Waals surface area contributed by atoms with Gasteiger partial charge in [0.15, 0.2) is 0 Å². The van der Waals surface area contributed by atoms with E-state index in [1.54, 1.807) is 11.8 Å². The summed E-state index contributed by atoms with van der Waals surface area (Å²) in [6.07, 6.45) is 3.76. The number of likely N-dealkylation sites (tertiary alicyclic amines) is 1. The first-order valence-electron chi connectivity index (χ1n) is 5.96. The summed E-state index contributed by atoms with van der Waals surface area (Å²) in [7, 11) is 0. The Morgan fingerprint density at radius 3 is 2.76 bits per heavy atom. The molecule has 1 heterocycles. The number of nitrogens with one attached hydrogen (secondary N) is 1. The lowest BCUT2D eigenvalue weighted by Crippen LogP contribution is -2.36. The van der Waals surface area contributed by atoms with Crippen LogP contribution < -0.4 is 0 Å². The lowest BCUT2D eigenvalue weighted by Gasteiger charge is -2.28. The SMILES string of the molecule is N=C(CSc1cccc(Cl)c1)N1CCCCC1. The minimum Gasteiger partial charge on any atom is -0.360 e. The predicted octanol–water partition coefficient (Wildman–Crippen LogP) is 3.90. The molecule has 1 aromatic rings. The molecule has 2 rings (SSSR count). The molecule has 1 aliphatic heterocycles. The third kappa shape index (κ3) is 3.93. The van der Waals surface area contributed by atoms with Gasteiger partial charge in [-0.2, -0.15) is 0 Å². The molecule has 1 saturated heterocycles. The van der Waals surface area contributed by atoms with Crippen LogP contribution in [0.4, 0.5) is 0 Å². The van der Waals surface area contributed by atoms with Gasteiger partial charge in [0.2, 0.25) is 0 Å². The number of amidine groups is 1. The first-order valence-corrected chi connectivity index (χ1v) is 7.33. The Balaban J connectivity index is 1.83. The molecule has 1 aliphatic rings. The molecule has 0 aliphatic carbocycles. The van der Waals surface area contributed by atoms with Crippen LogP contribution in [-0.4, -0.2) is 29.6 Å². The zero-order valence-electron chi connectivity index (χ0n) is 9.79. The number of benzene rings is 1. The van der Waals surface area contributed by atoms with Gasteiger partial charge in [0.1, 0.15) is 5.84 Å². The lowest BCUT2D eigenvalue weighted by molar-refractivity contribution is 0.339. The highest BCUT2D eigenvalue weighted by Gasteiger charge is 2.13. The highest BCUT2D eigenvalue weighted by molar-refractivity contribution is 8.00. The van der Waals surface area contributed by atoms with Gasteiger partial charge >= 0.3 is 0 Å². The number of halogens is 1. The molecule has 0 amide bonds. The fourth-order valence-corrected chi connectivity index (χ4v) is 3.09. The van der Waals surface area contributed by atoms with Crippen LogP contribution >= 0.6 is 23.4 Å². The molecular weight excluding hydrogens is 252 g/mol. The second-order valence-electron chi connectivity index (χ2n) is 4.24. The standard InChI is InChI=1S/C13H17ClN2S/c14-11-5-4-6-12(9-11)17-10-13(15)16-7-2-1-3-8-16/h4-6,9,15H,1-3,7-8,10H2. The molecule has 0 saturated carbocycles. The van der Waals surface area contributed by atoms with E-state index < -0.39 is 0 Å². The lowest BCUT2D eigenvalue weighted by atomic mass is 10.1. The Labute approximate surface area is 112 Å². The monoisotopic (exact) mass is 268 g/mol.